The van der Waals surface area contributed by atoms with E-state index in [9.17, 15) is 10.2 Å². The van der Waals surface area contributed by atoms with Gasteiger partial charge in [0, 0.05) is 17.1 Å². The van der Waals surface area contributed by atoms with Crippen molar-refractivity contribution in [1.29, 1.82) is 0 Å². The molecular formula is C10H14N4O2. The third-order valence-electron chi connectivity index (χ3n) is 2.48. The normalized spacial score (nSPS) is 15.2. The highest BCUT2D eigenvalue weighted by molar-refractivity contribution is 5.74. The molecule has 2 rings (SSSR count). The molecule has 0 aliphatic heterocycles. The highest BCUT2D eigenvalue weighted by atomic mass is 16.3. The number of nitrogens with two attached hydrogens (primary N) is 1. The number of fused-ring (bicyclic) bond motifs is 1. The fourth-order valence-electron chi connectivity index (χ4n) is 1.57. The van der Waals surface area contributed by atoms with Gasteiger partial charge in [-0.25, -0.2) is 4.98 Å². The number of nitrogens with one attached hydrogen (secondary N) is 1. The largest absolute Gasteiger partial charge is 0.390 e. The molecule has 0 fully saturated rings. The summed E-state index contributed by atoms with van der Waals surface area (Å²) in [5.74, 6) is 0. The Labute approximate surface area is 92.1 Å². The lowest BCUT2D eigenvalue weighted by Crippen LogP contribution is -2.21. The quantitative estimate of drug-likeness (QED) is 0.568. The van der Waals surface area contributed by atoms with Crippen LogP contribution in [0.4, 0.5) is 0 Å². The minimum absolute atomic E-state index is 0.333. The molecule has 2 aromatic rings. The molecule has 2 heterocycles. The Morgan fingerprint density at radius 2 is 2.19 bits per heavy atom. The molecule has 0 saturated heterocycles. The van der Waals surface area contributed by atoms with Crippen molar-refractivity contribution in [1.82, 2.24) is 15.2 Å². The fraction of sp³-hybridized carbons (Fsp3) is 0.400. The first-order valence-corrected chi connectivity index (χ1v) is 5.07. The van der Waals surface area contributed by atoms with Crippen LogP contribution in [0.3, 0.4) is 0 Å². The van der Waals surface area contributed by atoms with Gasteiger partial charge in [0.2, 0.25) is 0 Å². The molecule has 5 N–H and O–H groups in total. The topological polar surface area (TPSA) is 108 Å². The van der Waals surface area contributed by atoms with Crippen LogP contribution in [0.1, 0.15) is 18.1 Å². The molecular weight excluding hydrogens is 208 g/mol. The molecule has 6 nitrogen and oxygen atoms in total. The SMILES string of the molecule is NCCC(O)C(O)c1cnc2[nH]ncc2c1. The van der Waals surface area contributed by atoms with Crippen molar-refractivity contribution >= 4 is 11.0 Å². The minimum Gasteiger partial charge on any atom is -0.390 e. The number of pyridine rings is 1. The molecule has 0 bridgehead atoms. The van der Waals surface area contributed by atoms with E-state index in [0.717, 1.165) is 5.39 Å². The molecule has 2 unspecified atom stereocenters. The first kappa shape index (κ1) is 11.0. The molecule has 0 aromatic carbocycles. The van der Waals surface area contributed by atoms with Gasteiger partial charge >= 0.3 is 0 Å². The predicted octanol–water partition coefficient (Wildman–Crippen LogP) is -0.299. The van der Waals surface area contributed by atoms with Crippen molar-refractivity contribution in [3.8, 4) is 0 Å². The van der Waals surface area contributed by atoms with Gasteiger partial charge in [0.05, 0.1) is 12.3 Å². The van der Waals surface area contributed by atoms with Gasteiger partial charge in [-0.1, -0.05) is 0 Å². The number of H-pyrrole nitrogens is 1. The maximum Gasteiger partial charge on any atom is 0.155 e. The molecule has 6 heteroatoms. The van der Waals surface area contributed by atoms with E-state index in [1.165, 1.54) is 6.20 Å². The molecule has 0 amide bonds. The minimum atomic E-state index is -0.963. The van der Waals surface area contributed by atoms with Gasteiger partial charge in [-0.2, -0.15) is 5.10 Å². The standard InChI is InChI=1S/C10H14N4O2/c11-2-1-8(15)9(16)6-3-7-5-13-14-10(7)12-4-6/h3-5,8-9,15-16H,1-2,11H2,(H,12,13,14). The van der Waals surface area contributed by atoms with Crippen LogP contribution in [0.25, 0.3) is 11.0 Å². The number of nitrogens with zero attached hydrogens (tertiary/aromatic N) is 2. The molecule has 16 heavy (non-hydrogen) atoms. The summed E-state index contributed by atoms with van der Waals surface area (Å²) < 4.78 is 0. The van der Waals surface area contributed by atoms with Crippen LogP contribution >= 0.6 is 0 Å². The summed E-state index contributed by atoms with van der Waals surface area (Å²) >= 11 is 0. The molecule has 0 aliphatic carbocycles. The van der Waals surface area contributed by atoms with Gasteiger partial charge in [-0.15, -0.1) is 0 Å². The maximum atomic E-state index is 9.84. The van der Waals surface area contributed by atoms with Crippen LogP contribution in [-0.4, -0.2) is 38.0 Å². The second-order valence-corrected chi connectivity index (χ2v) is 3.67. The highest BCUT2D eigenvalue weighted by Crippen LogP contribution is 2.20. The zero-order valence-electron chi connectivity index (χ0n) is 8.67. The number of aromatic nitrogens is 3. The van der Waals surface area contributed by atoms with Crippen molar-refractivity contribution in [2.75, 3.05) is 6.54 Å². The van der Waals surface area contributed by atoms with E-state index < -0.39 is 12.2 Å². The summed E-state index contributed by atoms with van der Waals surface area (Å²) in [5.41, 5.74) is 6.54. The number of hydrogen-bond donors (Lipinski definition) is 4. The predicted molar refractivity (Wildman–Crippen MR) is 58.5 cm³/mol. The summed E-state index contributed by atoms with van der Waals surface area (Å²) in [6, 6.07) is 1.75. The van der Waals surface area contributed by atoms with Gasteiger partial charge in [-0.3, -0.25) is 5.10 Å². The second-order valence-electron chi connectivity index (χ2n) is 3.67. The Kier molecular flexibility index (Phi) is 3.14. The van der Waals surface area contributed by atoms with Crippen molar-refractivity contribution in [2.45, 2.75) is 18.6 Å². The van der Waals surface area contributed by atoms with E-state index in [4.69, 9.17) is 5.73 Å². The van der Waals surface area contributed by atoms with Crippen LogP contribution in [0, 0.1) is 0 Å². The molecule has 2 aromatic heterocycles. The van der Waals surface area contributed by atoms with E-state index in [0.29, 0.717) is 24.2 Å². The number of rotatable bonds is 4. The second kappa shape index (κ2) is 4.56. The average Bonchev–Trinajstić information content (AvgIpc) is 2.75. The van der Waals surface area contributed by atoms with Gasteiger partial charge in [0.25, 0.3) is 0 Å². The first-order chi connectivity index (χ1) is 7.72. The zero-order valence-corrected chi connectivity index (χ0v) is 8.67. The van der Waals surface area contributed by atoms with Crippen LogP contribution < -0.4 is 5.73 Å². The number of aromatic amines is 1. The molecule has 86 valence electrons. The summed E-state index contributed by atoms with van der Waals surface area (Å²) in [5, 5.41) is 26.8. The maximum absolute atomic E-state index is 9.84. The molecule has 2 atom stereocenters. The van der Waals surface area contributed by atoms with Gasteiger partial charge in [0.15, 0.2) is 5.65 Å². The van der Waals surface area contributed by atoms with E-state index in [1.54, 1.807) is 12.3 Å². The highest BCUT2D eigenvalue weighted by Gasteiger charge is 2.18. The number of aliphatic hydroxyl groups is 2. The Hall–Kier alpha value is -1.50. The van der Waals surface area contributed by atoms with Crippen LogP contribution in [0.15, 0.2) is 18.5 Å². The Morgan fingerprint density at radius 1 is 1.38 bits per heavy atom. The lowest BCUT2D eigenvalue weighted by molar-refractivity contribution is 0.0149. The van der Waals surface area contributed by atoms with Crippen molar-refractivity contribution in [3.05, 3.63) is 24.0 Å². The van der Waals surface area contributed by atoms with Crippen LogP contribution in [0.5, 0.6) is 0 Å². The van der Waals surface area contributed by atoms with Crippen molar-refractivity contribution in [3.63, 3.8) is 0 Å². The Bertz CT molecular complexity index is 471. The van der Waals surface area contributed by atoms with E-state index in [1.807, 2.05) is 0 Å². The van der Waals surface area contributed by atoms with Crippen LogP contribution in [-0.2, 0) is 0 Å². The van der Waals surface area contributed by atoms with E-state index >= 15 is 0 Å². The number of hydrogen-bond acceptors (Lipinski definition) is 5. The van der Waals surface area contributed by atoms with E-state index in [-0.39, 0.29) is 0 Å². The molecule has 0 aliphatic rings. The third kappa shape index (κ3) is 2.04. The molecule has 0 saturated carbocycles. The van der Waals surface area contributed by atoms with Gasteiger partial charge in [0.1, 0.15) is 6.10 Å². The van der Waals surface area contributed by atoms with Crippen molar-refractivity contribution in [2.24, 2.45) is 5.73 Å². The summed E-state index contributed by atoms with van der Waals surface area (Å²) in [6.07, 6.45) is 1.66. The summed E-state index contributed by atoms with van der Waals surface area (Å²) in [6.45, 7) is 0.333. The zero-order chi connectivity index (χ0) is 11.5. The average molecular weight is 222 g/mol. The van der Waals surface area contributed by atoms with E-state index in [2.05, 4.69) is 15.2 Å². The van der Waals surface area contributed by atoms with Gasteiger partial charge < -0.3 is 15.9 Å². The third-order valence-corrected chi connectivity index (χ3v) is 2.48. The van der Waals surface area contributed by atoms with Gasteiger partial charge in [-0.05, 0) is 19.0 Å². The smallest absolute Gasteiger partial charge is 0.155 e. The lowest BCUT2D eigenvalue weighted by atomic mass is 10.0. The number of aliphatic hydroxyl groups excluding tert-OH is 2. The summed E-state index contributed by atoms with van der Waals surface area (Å²) in [7, 11) is 0. The lowest BCUT2D eigenvalue weighted by Gasteiger charge is -2.16. The Morgan fingerprint density at radius 3 is 2.94 bits per heavy atom. The first-order valence-electron chi connectivity index (χ1n) is 5.07. The fourth-order valence-corrected chi connectivity index (χ4v) is 1.57. The molecule has 0 spiro atoms. The Balaban J connectivity index is 2.24. The monoisotopic (exact) mass is 222 g/mol. The van der Waals surface area contributed by atoms with Crippen molar-refractivity contribution < 1.29 is 10.2 Å². The summed E-state index contributed by atoms with van der Waals surface area (Å²) in [4.78, 5) is 4.08. The van der Waals surface area contributed by atoms with Crippen LogP contribution in [0.2, 0.25) is 0 Å². The molecule has 0 radical (unpaired) electrons.